The van der Waals surface area contributed by atoms with Crippen LogP contribution in [0.2, 0.25) is 16.7 Å². The topological polar surface area (TPSA) is 6.48 Å². The van der Waals surface area contributed by atoms with E-state index in [9.17, 15) is 0 Å². The van der Waals surface area contributed by atoms with Crippen LogP contribution in [-0.2, 0) is 0 Å². The summed E-state index contributed by atoms with van der Waals surface area (Å²) in [6.45, 7) is 6.96. The van der Waals surface area contributed by atoms with Crippen LogP contribution in [0.15, 0.2) is 165 Å². The molecule has 0 amide bonds. The van der Waals surface area contributed by atoms with Crippen molar-refractivity contribution in [3.8, 4) is 0 Å². The summed E-state index contributed by atoms with van der Waals surface area (Å²) in [5, 5.41) is 0. The molecule has 0 saturated heterocycles. The second-order valence-electron chi connectivity index (χ2n) is 15.4. The van der Waals surface area contributed by atoms with Crippen LogP contribution in [0.3, 0.4) is 0 Å². The van der Waals surface area contributed by atoms with Crippen LogP contribution in [-0.4, -0.2) is 98.8 Å². The number of benzene rings is 4. The number of hydrogen-bond donors (Lipinski definition) is 0. The molecule has 0 heterocycles. The average Bonchev–Trinajstić information content (AvgIpc) is 3.78. The summed E-state index contributed by atoms with van der Waals surface area (Å²) in [4.78, 5) is 4.96. The number of rotatable bonds is 18. The fourth-order valence-corrected chi connectivity index (χ4v) is 40.2. The van der Waals surface area contributed by atoms with Crippen molar-refractivity contribution >= 4 is 65.1 Å². The molecular formula is C48H60As2N2Sn. The molecule has 0 aliphatic heterocycles. The standard InChI is InChI=1S/2C20H21AsN.2C4H9.Sn/c2*1-22(2)16-17-10-9-15-20(17)21(18-11-5-3-6-12-18)19-13-7-4-8-14-19;2*1-3-4-2;/h2*3-15H,16H2,1-2H3;2*1,3-4H2,2H3;. The summed E-state index contributed by atoms with van der Waals surface area (Å²) in [6, 6.07) is 46.2. The third-order valence-electron chi connectivity index (χ3n) is 11.0. The average molecular weight is 934 g/mol. The predicted molar refractivity (Wildman–Crippen MR) is 238 cm³/mol. The molecule has 2 aliphatic carbocycles. The van der Waals surface area contributed by atoms with Gasteiger partial charge >= 0.3 is 338 Å². The molecule has 53 heavy (non-hydrogen) atoms. The van der Waals surface area contributed by atoms with Crippen LogP contribution >= 0.6 is 0 Å². The van der Waals surface area contributed by atoms with E-state index in [0.717, 1.165) is 13.1 Å². The first kappa shape index (κ1) is 40.3. The summed E-state index contributed by atoms with van der Waals surface area (Å²) in [7, 11) is 9.22. The Kier molecular flexibility index (Phi) is 14.8. The Balaban J connectivity index is 1.58. The molecule has 0 N–H and O–H groups in total. The Morgan fingerprint density at radius 2 is 0.774 bits per heavy atom. The van der Waals surface area contributed by atoms with Gasteiger partial charge in [0, 0.05) is 0 Å². The zero-order chi connectivity index (χ0) is 37.2. The van der Waals surface area contributed by atoms with Gasteiger partial charge in [-0.2, -0.15) is 0 Å². The van der Waals surface area contributed by atoms with Crippen molar-refractivity contribution in [2.24, 2.45) is 0 Å². The molecule has 0 spiro atoms. The minimum absolute atomic E-state index is 0.602. The molecular weight excluding hydrogens is 873 g/mol. The number of likely N-dealkylation sites (N-methyl/N-ethyl adjacent to an activating group) is 2. The van der Waals surface area contributed by atoms with Crippen molar-refractivity contribution in [3.63, 3.8) is 0 Å². The quantitative estimate of drug-likeness (QED) is 0.0928. The van der Waals surface area contributed by atoms with Crippen LogP contribution in [0.25, 0.3) is 0 Å². The van der Waals surface area contributed by atoms with Gasteiger partial charge in [-0.3, -0.25) is 0 Å². The Morgan fingerprint density at radius 1 is 0.472 bits per heavy atom. The van der Waals surface area contributed by atoms with Crippen molar-refractivity contribution < 1.29 is 0 Å². The third kappa shape index (κ3) is 9.39. The summed E-state index contributed by atoms with van der Waals surface area (Å²) in [6.07, 6.45) is 16.2. The summed E-state index contributed by atoms with van der Waals surface area (Å²) < 4.78 is 13.7. The fourth-order valence-electron chi connectivity index (χ4n) is 8.81. The van der Waals surface area contributed by atoms with Gasteiger partial charge in [-0.1, -0.05) is 0 Å². The summed E-state index contributed by atoms with van der Waals surface area (Å²) >= 11 is -6.83. The van der Waals surface area contributed by atoms with Crippen LogP contribution in [0, 0.1) is 0 Å². The van der Waals surface area contributed by atoms with E-state index >= 15 is 0 Å². The van der Waals surface area contributed by atoms with Crippen molar-refractivity contribution in [1.29, 1.82) is 0 Å². The molecule has 2 atom stereocenters. The zero-order valence-electron chi connectivity index (χ0n) is 33.0. The predicted octanol–water partition coefficient (Wildman–Crippen LogP) is 8.33. The zero-order valence-corrected chi connectivity index (χ0v) is 39.6. The number of hydrogen-bond acceptors (Lipinski definition) is 2. The second-order valence-corrected chi connectivity index (χ2v) is 38.0. The van der Waals surface area contributed by atoms with E-state index in [2.05, 4.69) is 197 Å². The van der Waals surface area contributed by atoms with Crippen LogP contribution in [0.4, 0.5) is 0 Å². The Morgan fingerprint density at radius 3 is 1.04 bits per heavy atom. The van der Waals surface area contributed by atoms with Crippen molar-refractivity contribution in [3.05, 3.63) is 165 Å². The van der Waals surface area contributed by atoms with Gasteiger partial charge in [0.1, 0.15) is 0 Å². The molecule has 276 valence electrons. The maximum absolute atomic E-state index is 3.23. The van der Waals surface area contributed by atoms with E-state index in [1.807, 2.05) is 0 Å². The van der Waals surface area contributed by atoms with Crippen molar-refractivity contribution in [1.82, 2.24) is 9.80 Å². The Labute approximate surface area is 335 Å². The molecule has 0 radical (unpaired) electrons. The van der Waals surface area contributed by atoms with E-state index in [1.165, 1.54) is 34.6 Å². The van der Waals surface area contributed by atoms with Gasteiger partial charge < -0.3 is 0 Å². The molecule has 0 saturated carbocycles. The second kappa shape index (κ2) is 19.5. The fraction of sp³-hybridized carbons (Fsp3) is 0.333. The van der Waals surface area contributed by atoms with E-state index in [-0.39, 0.29) is 0 Å². The van der Waals surface area contributed by atoms with Gasteiger partial charge in [-0.25, -0.2) is 0 Å². The number of unbranched alkanes of at least 4 members (excludes halogenated alkanes) is 2. The molecule has 2 nitrogen and oxygen atoms in total. The van der Waals surface area contributed by atoms with Gasteiger partial charge in [0.05, 0.1) is 0 Å². The molecule has 0 fully saturated rings. The molecule has 4 aromatic rings. The molecule has 2 unspecified atom stereocenters. The Hall–Kier alpha value is -2.32. The van der Waals surface area contributed by atoms with E-state index in [0.29, 0.717) is 7.87 Å². The summed E-state index contributed by atoms with van der Waals surface area (Å²) in [5.74, 6) is 0. The van der Waals surface area contributed by atoms with Crippen LogP contribution < -0.4 is 17.4 Å². The molecule has 2 aliphatic rings. The number of nitrogens with zero attached hydrogens (tertiary/aromatic N) is 2. The van der Waals surface area contributed by atoms with Gasteiger partial charge in [0.2, 0.25) is 0 Å². The first-order valence-electron chi connectivity index (χ1n) is 19.8. The van der Waals surface area contributed by atoms with Crippen LogP contribution in [0.1, 0.15) is 39.5 Å². The monoisotopic (exact) mass is 934 g/mol. The Bertz CT molecular complexity index is 1650. The number of allylic oxidation sites excluding steroid dienone is 6. The molecule has 6 rings (SSSR count). The normalized spacial score (nSPS) is 17.5. The first-order chi connectivity index (χ1) is 25.9. The van der Waals surface area contributed by atoms with E-state index in [4.69, 9.17) is 0 Å². The van der Waals surface area contributed by atoms with Crippen molar-refractivity contribution in [2.45, 2.75) is 56.3 Å². The summed E-state index contributed by atoms with van der Waals surface area (Å²) in [5.41, 5.74) is 3.55. The maximum atomic E-state index is 2.80. The van der Waals surface area contributed by atoms with Crippen molar-refractivity contribution in [2.75, 3.05) is 41.3 Å². The third-order valence-corrected chi connectivity index (χ3v) is 39.2. The van der Waals surface area contributed by atoms with Gasteiger partial charge in [0.15, 0.2) is 0 Å². The SMILES string of the molecule is CCC[CH2][Sn]([CH2]CCC)([CH]1C=CC([As](c2ccccc2)c2ccccc2)=C1CN(C)C)[CH]1C=CC([As](c2ccccc2)c2ccccc2)=C1CN(C)C. The molecule has 5 heteroatoms. The van der Waals surface area contributed by atoms with Gasteiger partial charge in [-0.05, 0) is 0 Å². The van der Waals surface area contributed by atoms with E-state index < -0.39 is 47.7 Å². The van der Waals surface area contributed by atoms with E-state index in [1.54, 1.807) is 37.3 Å². The van der Waals surface area contributed by atoms with Crippen LogP contribution in [0.5, 0.6) is 0 Å². The molecule has 4 aromatic carbocycles. The van der Waals surface area contributed by atoms with Gasteiger partial charge in [-0.15, -0.1) is 0 Å². The molecule has 0 aromatic heterocycles. The van der Waals surface area contributed by atoms with Gasteiger partial charge in [0.25, 0.3) is 0 Å². The first-order valence-corrected chi connectivity index (χ1v) is 32.8. The molecule has 0 bridgehead atoms. The minimum atomic E-state index is -3.23.